The summed E-state index contributed by atoms with van der Waals surface area (Å²) in [6, 6.07) is 10.1. The van der Waals surface area contributed by atoms with Gasteiger partial charge in [0, 0.05) is 24.5 Å². The Bertz CT molecular complexity index is 600. The van der Waals surface area contributed by atoms with Crippen molar-refractivity contribution in [2.75, 3.05) is 20.2 Å². The van der Waals surface area contributed by atoms with Crippen LogP contribution in [0.2, 0.25) is 0 Å². The van der Waals surface area contributed by atoms with E-state index in [4.69, 9.17) is 9.47 Å². The highest BCUT2D eigenvalue weighted by atomic mass is 32.1. The van der Waals surface area contributed by atoms with Crippen molar-refractivity contribution in [1.29, 1.82) is 0 Å². The Morgan fingerprint density at radius 1 is 1.32 bits per heavy atom. The van der Waals surface area contributed by atoms with Gasteiger partial charge in [0.25, 0.3) is 0 Å². The van der Waals surface area contributed by atoms with E-state index in [2.05, 4.69) is 17.0 Å². The Balaban J connectivity index is 1.64. The summed E-state index contributed by atoms with van der Waals surface area (Å²) in [5.41, 5.74) is 1.18. The van der Waals surface area contributed by atoms with Crippen LogP contribution in [0.5, 0.6) is 11.5 Å². The van der Waals surface area contributed by atoms with Crippen molar-refractivity contribution >= 4 is 11.3 Å². The van der Waals surface area contributed by atoms with Gasteiger partial charge in [0.2, 0.25) is 0 Å². The van der Waals surface area contributed by atoms with Gasteiger partial charge in [-0.05, 0) is 35.6 Å². The number of aliphatic hydroxyl groups excluding tert-OH is 1. The predicted octanol–water partition coefficient (Wildman–Crippen LogP) is 2.90. The molecule has 4 nitrogen and oxygen atoms in total. The Morgan fingerprint density at radius 2 is 2.23 bits per heavy atom. The third-order valence-corrected chi connectivity index (χ3v) is 4.68. The molecule has 1 aromatic heterocycles. The molecular formula is C17H21NO3S. The predicted molar refractivity (Wildman–Crippen MR) is 87.5 cm³/mol. The second-order valence-electron chi connectivity index (χ2n) is 5.53. The van der Waals surface area contributed by atoms with E-state index in [-0.39, 0.29) is 6.10 Å². The number of rotatable bonds is 6. The highest BCUT2D eigenvalue weighted by Crippen LogP contribution is 2.30. The van der Waals surface area contributed by atoms with Crippen molar-refractivity contribution in [1.82, 2.24) is 4.90 Å². The molecule has 1 atom stereocenters. The van der Waals surface area contributed by atoms with Crippen molar-refractivity contribution in [3.63, 3.8) is 0 Å². The van der Waals surface area contributed by atoms with Gasteiger partial charge >= 0.3 is 0 Å². The zero-order valence-corrected chi connectivity index (χ0v) is 13.5. The van der Waals surface area contributed by atoms with Gasteiger partial charge in [0.15, 0.2) is 11.5 Å². The molecule has 22 heavy (non-hydrogen) atoms. The highest BCUT2D eigenvalue weighted by Gasteiger charge is 2.20. The van der Waals surface area contributed by atoms with Crippen LogP contribution in [0, 0.1) is 0 Å². The van der Waals surface area contributed by atoms with E-state index in [0.29, 0.717) is 6.61 Å². The standard InChI is InChI=1S/C17H21NO3S/c1-20-17-9-13(10-18-7-6-14(19)11-18)4-5-16(17)21-12-15-3-2-8-22-15/h2-5,8-9,14,19H,6-7,10-12H2,1H3/t14-/m0/s1. The lowest BCUT2D eigenvalue weighted by molar-refractivity contribution is 0.174. The number of thiophene rings is 1. The van der Waals surface area contributed by atoms with Gasteiger partial charge in [-0.1, -0.05) is 12.1 Å². The first-order valence-electron chi connectivity index (χ1n) is 7.47. The molecule has 0 aliphatic carbocycles. The van der Waals surface area contributed by atoms with Crippen LogP contribution >= 0.6 is 11.3 Å². The largest absolute Gasteiger partial charge is 0.493 e. The van der Waals surface area contributed by atoms with Crippen molar-refractivity contribution < 1.29 is 14.6 Å². The summed E-state index contributed by atoms with van der Waals surface area (Å²) in [6.45, 7) is 3.09. The lowest BCUT2D eigenvalue weighted by Gasteiger charge is -2.17. The zero-order valence-electron chi connectivity index (χ0n) is 12.7. The number of likely N-dealkylation sites (tertiary alicyclic amines) is 1. The molecule has 2 heterocycles. The number of hydrogen-bond acceptors (Lipinski definition) is 5. The van der Waals surface area contributed by atoms with E-state index < -0.39 is 0 Å². The molecular weight excluding hydrogens is 298 g/mol. The minimum absolute atomic E-state index is 0.185. The Labute approximate surface area is 134 Å². The molecule has 1 fully saturated rings. The van der Waals surface area contributed by atoms with E-state index in [1.165, 1.54) is 10.4 Å². The van der Waals surface area contributed by atoms with Crippen LogP contribution in [0.3, 0.4) is 0 Å². The van der Waals surface area contributed by atoms with E-state index in [0.717, 1.165) is 37.6 Å². The SMILES string of the molecule is COc1cc(CN2CC[C@H](O)C2)ccc1OCc1cccs1. The van der Waals surface area contributed by atoms with Gasteiger partial charge in [-0.3, -0.25) is 4.90 Å². The molecule has 0 amide bonds. The summed E-state index contributed by atoms with van der Waals surface area (Å²) in [6.07, 6.45) is 0.675. The molecule has 3 rings (SSSR count). The smallest absolute Gasteiger partial charge is 0.161 e. The average Bonchev–Trinajstić information content (AvgIpc) is 3.17. The third kappa shape index (κ3) is 3.80. The quantitative estimate of drug-likeness (QED) is 0.889. The van der Waals surface area contributed by atoms with Gasteiger partial charge in [-0.2, -0.15) is 0 Å². The molecule has 1 aliphatic heterocycles. The van der Waals surface area contributed by atoms with E-state index >= 15 is 0 Å². The molecule has 0 radical (unpaired) electrons. The van der Waals surface area contributed by atoms with Gasteiger partial charge < -0.3 is 14.6 Å². The molecule has 5 heteroatoms. The number of hydrogen-bond donors (Lipinski definition) is 1. The summed E-state index contributed by atoms with van der Waals surface area (Å²) in [7, 11) is 1.66. The molecule has 2 aromatic rings. The Morgan fingerprint density at radius 3 is 2.91 bits per heavy atom. The van der Waals surface area contributed by atoms with Crippen LogP contribution in [-0.2, 0) is 13.2 Å². The first-order chi connectivity index (χ1) is 10.7. The van der Waals surface area contributed by atoms with Gasteiger partial charge in [-0.25, -0.2) is 0 Å². The molecule has 1 aromatic carbocycles. The topological polar surface area (TPSA) is 41.9 Å². The number of benzene rings is 1. The van der Waals surface area contributed by atoms with Gasteiger partial charge in [0.05, 0.1) is 13.2 Å². The number of β-amino-alcohol motifs (C(OH)–C–C–N with tert-alkyl or cyclic N) is 1. The molecule has 1 aliphatic rings. The lowest BCUT2D eigenvalue weighted by atomic mass is 10.2. The molecule has 118 valence electrons. The zero-order chi connectivity index (χ0) is 15.4. The average molecular weight is 319 g/mol. The Kier molecular flexibility index (Phi) is 4.97. The van der Waals surface area contributed by atoms with Crippen molar-refractivity contribution in [3.05, 3.63) is 46.2 Å². The summed E-state index contributed by atoms with van der Waals surface area (Å²) in [4.78, 5) is 3.45. The van der Waals surface area contributed by atoms with E-state index in [1.54, 1.807) is 18.4 Å². The minimum atomic E-state index is -0.185. The summed E-state index contributed by atoms with van der Waals surface area (Å²) >= 11 is 1.68. The minimum Gasteiger partial charge on any atom is -0.493 e. The molecule has 0 bridgehead atoms. The van der Waals surface area contributed by atoms with Crippen LogP contribution in [0.25, 0.3) is 0 Å². The van der Waals surface area contributed by atoms with Gasteiger partial charge in [-0.15, -0.1) is 11.3 Å². The first-order valence-corrected chi connectivity index (χ1v) is 8.35. The number of nitrogens with zero attached hydrogens (tertiary/aromatic N) is 1. The van der Waals surface area contributed by atoms with Crippen LogP contribution in [-0.4, -0.2) is 36.3 Å². The monoisotopic (exact) mass is 319 g/mol. The fourth-order valence-corrected chi connectivity index (χ4v) is 3.30. The number of ether oxygens (including phenoxy) is 2. The normalized spacial score (nSPS) is 18.5. The van der Waals surface area contributed by atoms with Crippen LogP contribution in [0.4, 0.5) is 0 Å². The first kappa shape index (κ1) is 15.3. The second kappa shape index (κ2) is 7.13. The fourth-order valence-electron chi connectivity index (χ4n) is 2.69. The lowest BCUT2D eigenvalue weighted by Crippen LogP contribution is -2.21. The van der Waals surface area contributed by atoms with Crippen LogP contribution in [0.15, 0.2) is 35.7 Å². The maximum Gasteiger partial charge on any atom is 0.161 e. The van der Waals surface area contributed by atoms with Crippen LogP contribution < -0.4 is 9.47 Å². The van der Waals surface area contributed by atoms with Crippen molar-refractivity contribution in [2.24, 2.45) is 0 Å². The van der Waals surface area contributed by atoms with E-state index in [9.17, 15) is 5.11 Å². The second-order valence-corrected chi connectivity index (χ2v) is 6.56. The third-order valence-electron chi connectivity index (χ3n) is 3.83. The fraction of sp³-hybridized carbons (Fsp3) is 0.412. The molecule has 1 saturated heterocycles. The maximum atomic E-state index is 9.60. The highest BCUT2D eigenvalue weighted by molar-refractivity contribution is 7.09. The number of aliphatic hydroxyl groups is 1. The van der Waals surface area contributed by atoms with E-state index in [1.807, 2.05) is 23.6 Å². The molecule has 0 saturated carbocycles. The summed E-state index contributed by atoms with van der Waals surface area (Å²) in [5, 5.41) is 11.6. The number of methoxy groups -OCH3 is 1. The molecule has 0 spiro atoms. The van der Waals surface area contributed by atoms with Gasteiger partial charge in [0.1, 0.15) is 6.61 Å². The summed E-state index contributed by atoms with van der Waals surface area (Å²) < 4.78 is 11.3. The Hall–Kier alpha value is -1.56. The van der Waals surface area contributed by atoms with Crippen molar-refractivity contribution in [2.45, 2.75) is 25.7 Å². The molecule has 0 unspecified atom stereocenters. The van der Waals surface area contributed by atoms with Crippen LogP contribution in [0.1, 0.15) is 16.9 Å². The maximum absolute atomic E-state index is 9.60. The molecule has 1 N–H and O–H groups in total. The van der Waals surface area contributed by atoms with Crippen molar-refractivity contribution in [3.8, 4) is 11.5 Å². The summed E-state index contributed by atoms with van der Waals surface area (Å²) in [5.74, 6) is 1.52.